The van der Waals surface area contributed by atoms with E-state index in [1.54, 1.807) is 32.9 Å². The monoisotopic (exact) mass is 1050 g/mol. The van der Waals surface area contributed by atoms with Crippen LogP contribution >= 0.6 is 0 Å². The van der Waals surface area contributed by atoms with Crippen LogP contribution in [-0.4, -0.2) is 118 Å². The molecule has 0 spiro atoms. The Kier molecular flexibility index (Phi) is 20.8. The number of nitriles is 1. The fourth-order valence-corrected chi connectivity index (χ4v) is 8.46. The van der Waals surface area contributed by atoms with Crippen molar-refractivity contribution < 1.29 is 62.7 Å². The van der Waals surface area contributed by atoms with Crippen molar-refractivity contribution in [3.63, 3.8) is 0 Å². The summed E-state index contributed by atoms with van der Waals surface area (Å²) in [5.74, 6) is -2.42. The first-order valence-corrected chi connectivity index (χ1v) is 23.4. The van der Waals surface area contributed by atoms with Crippen molar-refractivity contribution in [2.75, 3.05) is 31.3 Å². The van der Waals surface area contributed by atoms with Gasteiger partial charge >= 0.3 is 7.56 Å². The molecule has 7 aromatic rings. The molecule has 0 unspecified atom stereocenters. The Morgan fingerprint density at radius 2 is 1.20 bits per heavy atom. The molecule has 8 atom stereocenters. The number of H-pyrrole nitrogens is 2. The summed E-state index contributed by atoms with van der Waals surface area (Å²) in [7, 11) is 0.625. The molecule has 2 fully saturated rings. The first kappa shape index (κ1) is 58.9. The molecule has 3 aromatic carbocycles. The Hall–Kier alpha value is -6.96. The van der Waals surface area contributed by atoms with Gasteiger partial charge in [-0.15, -0.1) is 10.2 Å². The second kappa shape index (κ2) is 26.5. The van der Waals surface area contributed by atoms with E-state index in [1.165, 1.54) is 23.6 Å². The normalized spacial score (nSPS) is 24.6. The number of nitrogen functional groups attached to an aromatic ring is 2. The maximum Gasteiger partial charge on any atom is 0.354 e. The van der Waals surface area contributed by atoms with Crippen molar-refractivity contribution in [1.29, 1.82) is 5.26 Å². The van der Waals surface area contributed by atoms with Crippen molar-refractivity contribution >= 4 is 30.5 Å². The van der Waals surface area contributed by atoms with E-state index in [2.05, 4.69) is 20.2 Å². The number of nitrogens with zero attached hydrogens (tertiary/aromatic N) is 5. The lowest BCUT2D eigenvalue weighted by Crippen LogP contribution is -2.55. The lowest BCUT2D eigenvalue weighted by atomic mass is 9.80. The number of aliphatic hydroxyl groups excluding tert-OH is 3. The number of aliphatic hydroxyl groups is 5. The highest BCUT2D eigenvalue weighted by Crippen LogP contribution is 2.50. The van der Waals surface area contributed by atoms with Gasteiger partial charge in [0.2, 0.25) is 23.3 Å². The van der Waals surface area contributed by atoms with E-state index in [0.717, 1.165) is 21.2 Å². The van der Waals surface area contributed by atoms with Crippen molar-refractivity contribution in [2.45, 2.75) is 101 Å². The topological polar surface area (TPSA) is 323 Å². The molecular formula is C50H60BF3N9O12. The number of benzene rings is 3. The lowest BCUT2D eigenvalue weighted by molar-refractivity contribution is -0.294. The standard InChI is InChI=1S/C33H34N4O6.C13H15N5O5.C2H5BF.C2H6O.F2/c1-32(42-21-25-15-9-4-10-16-25)29(41-20-24-13-7-3-8-14-24)27(22-40-19-23-11-5-2-6-12-23)43-33(32,39)28-18-17-26-30(38)35-31(34)36-37(26)28;1-12(22)9(20)7(4-19)23-13(12,5-14)8-3-2-6-10(21)16-11(15)17-18(6)8;1-2-3-4;1-2-3;1-2/h2-18,27,29,39H,19-22H2,1H3,(H3,34,35,36,38);2-3,7,9,19-20,22H,4H2,1H3,(H3,15,16,17,21);2H2,1H3;3H,2H2,1H3;/t27-,29-,32-,33+;7-,9-,12-,13+;;;/m11.../s1. The van der Waals surface area contributed by atoms with Gasteiger partial charge in [-0.05, 0) is 68.0 Å². The number of halogens is 3. The molecule has 21 nitrogen and oxygen atoms in total. The first-order chi connectivity index (χ1) is 36.0. The molecule has 0 aliphatic carbocycles. The molecule has 25 heteroatoms. The number of hydrogen-bond donors (Lipinski definition) is 9. The molecule has 0 amide bonds. The number of nitrogens with two attached hydrogens (primary N) is 2. The number of fused-ring (bicyclic) bond motifs is 2. The van der Waals surface area contributed by atoms with Crippen LogP contribution in [0.15, 0.2) is 125 Å². The van der Waals surface area contributed by atoms with E-state index in [1.807, 2.05) is 97.1 Å². The third-order valence-electron chi connectivity index (χ3n) is 12.2. The van der Waals surface area contributed by atoms with Gasteiger partial charge in [0.15, 0.2) is 5.60 Å². The highest BCUT2D eigenvalue weighted by molar-refractivity contribution is 6.25. The van der Waals surface area contributed by atoms with Gasteiger partial charge in [0.05, 0.1) is 38.7 Å². The summed E-state index contributed by atoms with van der Waals surface area (Å²) < 4.78 is 60.2. The number of hydrogen-bond acceptors (Lipinski definition) is 17. The van der Waals surface area contributed by atoms with Crippen LogP contribution in [-0.2, 0) is 54.9 Å². The largest absolute Gasteiger partial charge is 0.397 e. The minimum atomic E-state index is -2.12. The molecule has 75 heavy (non-hydrogen) atoms. The molecule has 11 N–H and O–H groups in total. The maximum absolute atomic E-state index is 12.7. The summed E-state index contributed by atoms with van der Waals surface area (Å²) in [6.07, 6.45) is -3.73. The minimum Gasteiger partial charge on any atom is -0.397 e. The van der Waals surface area contributed by atoms with Crippen molar-refractivity contribution in [2.24, 2.45) is 0 Å². The van der Waals surface area contributed by atoms with E-state index in [9.17, 15) is 39.6 Å². The molecule has 0 bridgehead atoms. The third kappa shape index (κ3) is 12.6. The first-order valence-electron chi connectivity index (χ1n) is 23.4. The van der Waals surface area contributed by atoms with Crippen molar-refractivity contribution in [3.05, 3.63) is 164 Å². The van der Waals surface area contributed by atoms with E-state index >= 15 is 0 Å². The van der Waals surface area contributed by atoms with Crippen LogP contribution in [0.5, 0.6) is 0 Å². The molecule has 401 valence electrons. The quantitative estimate of drug-likeness (QED) is 0.0703. The molecule has 2 aliphatic rings. The summed E-state index contributed by atoms with van der Waals surface area (Å²) in [5.41, 5.74) is 8.16. The number of nitrogens with one attached hydrogen (secondary N) is 2. The Balaban J connectivity index is 0.000000272. The summed E-state index contributed by atoms with van der Waals surface area (Å²) in [6.45, 7) is 6.88. The Bertz CT molecular complexity index is 3040. The van der Waals surface area contributed by atoms with Gasteiger partial charge < -0.3 is 65.0 Å². The van der Waals surface area contributed by atoms with Crippen molar-refractivity contribution in [1.82, 2.24) is 29.2 Å². The van der Waals surface area contributed by atoms with Crippen LogP contribution in [0, 0.1) is 11.3 Å². The summed E-state index contributed by atoms with van der Waals surface area (Å²) in [5, 5.41) is 68.2. The van der Waals surface area contributed by atoms with E-state index in [0.29, 0.717) is 20.5 Å². The lowest BCUT2D eigenvalue weighted by Gasteiger charge is -2.40. The maximum atomic E-state index is 12.7. The van der Waals surface area contributed by atoms with Crippen molar-refractivity contribution in [3.8, 4) is 6.07 Å². The molecule has 1 radical (unpaired) electrons. The molecular weight excluding hydrogens is 986 g/mol. The van der Waals surface area contributed by atoms with Crippen LogP contribution in [0.2, 0.25) is 6.32 Å². The van der Waals surface area contributed by atoms with Gasteiger partial charge in [-0.2, -0.15) is 5.26 Å². The summed E-state index contributed by atoms with van der Waals surface area (Å²) in [6, 6.07) is 36.9. The average Bonchev–Trinajstić information content (AvgIpc) is 4.15. The zero-order valence-electron chi connectivity index (χ0n) is 41.4. The number of aromatic nitrogens is 6. The predicted molar refractivity (Wildman–Crippen MR) is 268 cm³/mol. The molecule has 9 rings (SSSR count). The average molecular weight is 1050 g/mol. The number of aromatic amines is 2. The second-order valence-electron chi connectivity index (χ2n) is 17.2. The summed E-state index contributed by atoms with van der Waals surface area (Å²) in [4.78, 5) is 29.4. The smallest absolute Gasteiger partial charge is 0.354 e. The fraction of sp³-hybridized carbons (Fsp3) is 0.380. The van der Waals surface area contributed by atoms with Gasteiger partial charge in [-0.25, -0.2) is 9.03 Å². The molecule has 2 saturated heterocycles. The Morgan fingerprint density at radius 3 is 1.65 bits per heavy atom. The van der Waals surface area contributed by atoms with Crippen LogP contribution in [0.25, 0.3) is 11.0 Å². The second-order valence-corrected chi connectivity index (χ2v) is 17.2. The molecule has 6 heterocycles. The van der Waals surface area contributed by atoms with Crippen LogP contribution in [0.3, 0.4) is 0 Å². The molecule has 2 aliphatic heterocycles. The minimum absolute atomic E-state index is 0.0211. The zero-order valence-corrected chi connectivity index (χ0v) is 41.4. The van der Waals surface area contributed by atoms with Gasteiger partial charge in [0.25, 0.3) is 11.1 Å². The predicted octanol–water partition coefficient (Wildman–Crippen LogP) is 3.61. The highest BCUT2D eigenvalue weighted by atomic mass is 20.0. The van der Waals surface area contributed by atoms with E-state index in [-0.39, 0.29) is 60.7 Å². The third-order valence-corrected chi connectivity index (χ3v) is 12.2. The molecule has 0 saturated carbocycles. The van der Waals surface area contributed by atoms with Crippen LogP contribution in [0.1, 0.15) is 55.8 Å². The Labute approximate surface area is 428 Å². The summed E-state index contributed by atoms with van der Waals surface area (Å²) >= 11 is 0. The van der Waals surface area contributed by atoms with E-state index < -0.39 is 64.7 Å². The van der Waals surface area contributed by atoms with E-state index in [4.69, 9.17) is 49.4 Å². The number of rotatable bonds is 14. The van der Waals surface area contributed by atoms with Gasteiger partial charge in [-0.1, -0.05) is 97.9 Å². The van der Waals surface area contributed by atoms with Gasteiger partial charge in [0, 0.05) is 15.8 Å². The molecule has 4 aromatic heterocycles. The number of anilines is 2. The van der Waals surface area contributed by atoms with Crippen LogP contribution < -0.4 is 22.6 Å². The highest BCUT2D eigenvalue weighted by Gasteiger charge is 2.67. The number of ether oxygens (including phenoxy) is 5. The van der Waals surface area contributed by atoms with Gasteiger partial charge in [0.1, 0.15) is 52.8 Å². The Morgan fingerprint density at radius 1 is 0.747 bits per heavy atom. The van der Waals surface area contributed by atoms with Gasteiger partial charge in [-0.3, -0.25) is 19.6 Å². The SMILES string of the molecule is CCO.CC[B]F.C[C@@]1(O)[C@H](O)[C@@H](CO)O[C@@]1(C#N)c1ccc2c(=O)[nH]c(N)nn12.C[C@@]1(OCc2ccccc2)[C@H](OCc2ccccc2)[C@@H](COCc2ccccc2)O[C@@]1(O)c1ccc2c(=O)[nH]c(N)nn12.FF. The van der Waals surface area contributed by atoms with Crippen LogP contribution in [0.4, 0.5) is 25.4 Å². The zero-order chi connectivity index (χ0) is 55.0. The fourth-order valence-electron chi connectivity index (χ4n) is 8.46.